The van der Waals surface area contributed by atoms with E-state index in [1.807, 2.05) is 26.0 Å². The summed E-state index contributed by atoms with van der Waals surface area (Å²) in [6.45, 7) is 4.45. The van der Waals surface area contributed by atoms with Gasteiger partial charge in [0.05, 0.1) is 6.61 Å². The van der Waals surface area contributed by atoms with Gasteiger partial charge in [-0.2, -0.15) is 0 Å². The Morgan fingerprint density at radius 3 is 2.67 bits per heavy atom. The number of halogens is 1. The molecule has 100 valence electrons. The third kappa shape index (κ3) is 4.07. The molecule has 0 bridgehead atoms. The second-order valence-electron chi connectivity index (χ2n) is 4.08. The third-order valence-electron chi connectivity index (χ3n) is 2.84. The molecule has 1 aromatic heterocycles. The fourth-order valence-corrected chi connectivity index (χ4v) is 2.03. The number of aromatic nitrogens is 1. The van der Waals surface area contributed by atoms with Gasteiger partial charge in [-0.05, 0) is 34.8 Å². The van der Waals surface area contributed by atoms with Crippen LogP contribution in [0.2, 0.25) is 0 Å². The standard InChI is InChI=1S/C13H19BrN2O2/c1-4-9(5-2)13(17)16-12-10(8-18-3)6-7-11(14)15-12/h6-7,9H,4-5,8H2,1-3H3,(H,15,16,17). The molecule has 0 atom stereocenters. The van der Waals surface area contributed by atoms with E-state index in [9.17, 15) is 4.79 Å². The number of hydrogen-bond donors (Lipinski definition) is 1. The maximum atomic E-state index is 12.0. The molecule has 0 aliphatic carbocycles. The Bertz CT molecular complexity index is 406. The van der Waals surface area contributed by atoms with Crippen LogP contribution in [0.25, 0.3) is 0 Å². The lowest BCUT2D eigenvalue weighted by molar-refractivity contribution is -0.120. The summed E-state index contributed by atoms with van der Waals surface area (Å²) in [7, 11) is 1.62. The van der Waals surface area contributed by atoms with Crippen LogP contribution in [0, 0.1) is 5.92 Å². The van der Waals surface area contributed by atoms with Crippen molar-refractivity contribution in [3.63, 3.8) is 0 Å². The SMILES string of the molecule is CCC(CC)C(=O)Nc1nc(Br)ccc1COC. The van der Waals surface area contributed by atoms with Crippen molar-refractivity contribution in [3.05, 3.63) is 22.3 Å². The molecule has 1 aromatic rings. The molecule has 0 unspecified atom stereocenters. The Morgan fingerprint density at radius 2 is 2.11 bits per heavy atom. The van der Waals surface area contributed by atoms with Gasteiger partial charge >= 0.3 is 0 Å². The Hall–Kier alpha value is -0.940. The molecule has 1 heterocycles. The summed E-state index contributed by atoms with van der Waals surface area (Å²) in [4.78, 5) is 16.3. The molecule has 1 rings (SSSR count). The first-order chi connectivity index (χ1) is 8.62. The summed E-state index contributed by atoms with van der Waals surface area (Å²) in [5, 5.41) is 2.88. The minimum atomic E-state index is 0.0166. The highest BCUT2D eigenvalue weighted by molar-refractivity contribution is 9.10. The molecule has 1 amide bonds. The molecule has 5 heteroatoms. The lowest BCUT2D eigenvalue weighted by Crippen LogP contribution is -2.23. The number of carbonyl (C=O) groups is 1. The second kappa shape index (κ2) is 7.48. The van der Waals surface area contributed by atoms with Crippen molar-refractivity contribution in [1.29, 1.82) is 0 Å². The maximum absolute atomic E-state index is 12.0. The quantitative estimate of drug-likeness (QED) is 0.819. The molecule has 0 saturated heterocycles. The fraction of sp³-hybridized carbons (Fsp3) is 0.538. The summed E-state index contributed by atoms with van der Waals surface area (Å²) < 4.78 is 5.79. The van der Waals surface area contributed by atoms with E-state index in [2.05, 4.69) is 26.2 Å². The van der Waals surface area contributed by atoms with E-state index < -0.39 is 0 Å². The monoisotopic (exact) mass is 314 g/mol. The minimum Gasteiger partial charge on any atom is -0.380 e. The first-order valence-corrected chi connectivity index (χ1v) is 6.86. The number of pyridine rings is 1. The van der Waals surface area contributed by atoms with E-state index >= 15 is 0 Å². The van der Waals surface area contributed by atoms with Gasteiger partial charge in [-0.3, -0.25) is 4.79 Å². The van der Waals surface area contributed by atoms with Crippen molar-refractivity contribution in [1.82, 2.24) is 4.98 Å². The first-order valence-electron chi connectivity index (χ1n) is 6.07. The Balaban J connectivity index is 2.88. The van der Waals surface area contributed by atoms with Crippen molar-refractivity contribution in [3.8, 4) is 0 Å². The number of amides is 1. The molecule has 0 radical (unpaired) electrons. The van der Waals surface area contributed by atoms with E-state index in [4.69, 9.17) is 4.74 Å². The number of rotatable bonds is 6. The van der Waals surface area contributed by atoms with E-state index in [1.165, 1.54) is 0 Å². The van der Waals surface area contributed by atoms with Gasteiger partial charge < -0.3 is 10.1 Å². The summed E-state index contributed by atoms with van der Waals surface area (Å²) in [6, 6.07) is 3.73. The van der Waals surface area contributed by atoms with Crippen molar-refractivity contribution < 1.29 is 9.53 Å². The number of carbonyl (C=O) groups excluding carboxylic acids is 1. The summed E-state index contributed by atoms with van der Waals surface area (Å²) in [6.07, 6.45) is 1.66. The molecule has 0 aliphatic rings. The molecule has 0 saturated carbocycles. The van der Waals surface area contributed by atoms with Gasteiger partial charge in [-0.25, -0.2) is 4.98 Å². The molecule has 4 nitrogen and oxygen atoms in total. The van der Waals surface area contributed by atoms with E-state index in [0.717, 1.165) is 18.4 Å². The third-order valence-corrected chi connectivity index (χ3v) is 3.28. The zero-order valence-electron chi connectivity index (χ0n) is 11.0. The van der Waals surface area contributed by atoms with Crippen LogP contribution < -0.4 is 5.32 Å². The molecule has 0 aliphatic heterocycles. The van der Waals surface area contributed by atoms with Gasteiger partial charge in [0.2, 0.25) is 5.91 Å². The molecular formula is C13H19BrN2O2. The van der Waals surface area contributed by atoms with Gasteiger partial charge in [0.25, 0.3) is 0 Å². The highest BCUT2D eigenvalue weighted by Crippen LogP contribution is 2.19. The van der Waals surface area contributed by atoms with Crippen LogP contribution in [0.4, 0.5) is 5.82 Å². The number of nitrogens with zero attached hydrogens (tertiary/aromatic N) is 1. The van der Waals surface area contributed by atoms with Crippen molar-refractivity contribution in [2.24, 2.45) is 5.92 Å². The minimum absolute atomic E-state index is 0.0166. The average molecular weight is 315 g/mol. The number of nitrogens with one attached hydrogen (secondary N) is 1. The van der Waals surface area contributed by atoms with Gasteiger partial charge in [0.1, 0.15) is 10.4 Å². The normalized spacial score (nSPS) is 10.7. The molecule has 1 N–H and O–H groups in total. The Labute approximate surface area is 116 Å². The van der Waals surface area contributed by atoms with Crippen LogP contribution in [0.15, 0.2) is 16.7 Å². The lowest BCUT2D eigenvalue weighted by atomic mass is 10.0. The topological polar surface area (TPSA) is 51.2 Å². The van der Waals surface area contributed by atoms with Crippen LogP contribution in [-0.4, -0.2) is 18.0 Å². The van der Waals surface area contributed by atoms with E-state index in [1.54, 1.807) is 7.11 Å². The Kier molecular flexibility index (Phi) is 6.29. The van der Waals surface area contributed by atoms with Gasteiger partial charge in [-0.1, -0.05) is 19.9 Å². The number of hydrogen-bond acceptors (Lipinski definition) is 3. The Morgan fingerprint density at radius 1 is 1.44 bits per heavy atom. The van der Waals surface area contributed by atoms with Crippen molar-refractivity contribution in [2.45, 2.75) is 33.3 Å². The molecule has 0 spiro atoms. The highest BCUT2D eigenvalue weighted by Gasteiger charge is 2.16. The number of methoxy groups -OCH3 is 1. The lowest BCUT2D eigenvalue weighted by Gasteiger charge is -2.14. The zero-order valence-corrected chi connectivity index (χ0v) is 12.6. The van der Waals surface area contributed by atoms with E-state index in [0.29, 0.717) is 17.0 Å². The smallest absolute Gasteiger partial charge is 0.228 e. The second-order valence-corrected chi connectivity index (χ2v) is 4.89. The van der Waals surface area contributed by atoms with Crippen LogP contribution in [0.1, 0.15) is 32.3 Å². The fourth-order valence-electron chi connectivity index (χ4n) is 1.72. The van der Waals surface area contributed by atoms with Crippen LogP contribution in [0.5, 0.6) is 0 Å². The summed E-state index contributed by atoms with van der Waals surface area (Å²) >= 11 is 3.31. The average Bonchev–Trinajstić information content (AvgIpc) is 2.34. The largest absolute Gasteiger partial charge is 0.380 e. The van der Waals surface area contributed by atoms with Crippen LogP contribution >= 0.6 is 15.9 Å². The molecular weight excluding hydrogens is 296 g/mol. The van der Waals surface area contributed by atoms with Crippen LogP contribution in [0.3, 0.4) is 0 Å². The van der Waals surface area contributed by atoms with Gasteiger partial charge in [0.15, 0.2) is 0 Å². The van der Waals surface area contributed by atoms with Gasteiger partial charge in [-0.15, -0.1) is 0 Å². The number of ether oxygens (including phenoxy) is 1. The first kappa shape index (κ1) is 15.1. The predicted octanol–water partition coefficient (Wildman–Crippen LogP) is 3.37. The maximum Gasteiger partial charge on any atom is 0.228 e. The van der Waals surface area contributed by atoms with Crippen molar-refractivity contribution in [2.75, 3.05) is 12.4 Å². The molecule has 18 heavy (non-hydrogen) atoms. The van der Waals surface area contributed by atoms with E-state index in [-0.39, 0.29) is 11.8 Å². The van der Waals surface area contributed by atoms with Crippen molar-refractivity contribution >= 4 is 27.7 Å². The predicted molar refractivity (Wildman–Crippen MR) is 75.4 cm³/mol. The molecule has 0 fully saturated rings. The summed E-state index contributed by atoms with van der Waals surface area (Å²) in [5.41, 5.74) is 0.875. The molecule has 0 aromatic carbocycles. The van der Waals surface area contributed by atoms with Crippen LogP contribution in [-0.2, 0) is 16.1 Å². The van der Waals surface area contributed by atoms with Gasteiger partial charge in [0, 0.05) is 18.6 Å². The zero-order chi connectivity index (χ0) is 13.5. The highest BCUT2D eigenvalue weighted by atomic mass is 79.9. The number of anilines is 1. The summed E-state index contributed by atoms with van der Waals surface area (Å²) in [5.74, 6) is 0.618.